The summed E-state index contributed by atoms with van der Waals surface area (Å²) in [5.74, 6) is -0.898. The molecule has 0 rings (SSSR count). The van der Waals surface area contributed by atoms with E-state index < -0.39 is 12.0 Å². The molecule has 86 valence electrons. The predicted molar refractivity (Wildman–Crippen MR) is 59.6 cm³/mol. The zero-order chi connectivity index (χ0) is 10.5. The van der Waals surface area contributed by atoms with Crippen LogP contribution in [0.3, 0.4) is 0 Å². The average molecular weight is 226 g/mol. The maximum absolute atomic E-state index is 10.4. The van der Waals surface area contributed by atoms with Gasteiger partial charge in [0.2, 0.25) is 0 Å². The molecule has 4 nitrogen and oxygen atoms in total. The zero-order valence-corrected chi connectivity index (χ0v) is 10.0. The van der Waals surface area contributed by atoms with E-state index in [1.807, 2.05) is 0 Å². The summed E-state index contributed by atoms with van der Waals surface area (Å²) >= 11 is 0. The van der Waals surface area contributed by atoms with E-state index in [0.29, 0.717) is 6.42 Å². The average Bonchev–Trinajstić information content (AvgIpc) is 1.95. The SMILES string of the molecule is C[N+](C)(C)CCCC[C@H](N)C(=O)O.Cl. The van der Waals surface area contributed by atoms with E-state index in [-0.39, 0.29) is 12.4 Å². The predicted octanol–water partition coefficient (Wildman–Crippen LogP) is 0.697. The lowest BCUT2D eigenvalue weighted by Crippen LogP contribution is -2.35. The number of rotatable bonds is 6. The van der Waals surface area contributed by atoms with Gasteiger partial charge in [0.25, 0.3) is 0 Å². The highest BCUT2D eigenvalue weighted by Crippen LogP contribution is 2.02. The van der Waals surface area contributed by atoms with Crippen molar-refractivity contribution in [3.05, 3.63) is 0 Å². The van der Waals surface area contributed by atoms with Gasteiger partial charge in [0, 0.05) is 0 Å². The summed E-state index contributed by atoms with van der Waals surface area (Å²) in [7, 11) is 6.37. The van der Waals surface area contributed by atoms with Crippen LogP contribution in [0, 0.1) is 0 Å². The molecule has 0 bridgehead atoms. The first-order valence-corrected chi connectivity index (χ1v) is 4.62. The van der Waals surface area contributed by atoms with Gasteiger partial charge in [-0.3, -0.25) is 4.79 Å². The minimum Gasteiger partial charge on any atom is -0.480 e. The number of aliphatic carboxylic acids is 1. The molecule has 0 heterocycles. The fourth-order valence-corrected chi connectivity index (χ4v) is 1.07. The summed E-state index contributed by atoms with van der Waals surface area (Å²) in [6.45, 7) is 1.06. The highest BCUT2D eigenvalue weighted by molar-refractivity contribution is 5.85. The molecule has 0 aromatic carbocycles. The van der Waals surface area contributed by atoms with E-state index in [1.165, 1.54) is 0 Å². The van der Waals surface area contributed by atoms with Crippen molar-refractivity contribution in [2.24, 2.45) is 5.73 Å². The van der Waals surface area contributed by atoms with Gasteiger partial charge in [-0.05, 0) is 19.3 Å². The lowest BCUT2D eigenvalue weighted by molar-refractivity contribution is -0.870. The van der Waals surface area contributed by atoms with E-state index in [0.717, 1.165) is 23.9 Å². The number of halogens is 1. The molecular weight excluding hydrogens is 204 g/mol. The Hall–Kier alpha value is -0.320. The van der Waals surface area contributed by atoms with E-state index in [2.05, 4.69) is 21.1 Å². The molecule has 0 aromatic rings. The van der Waals surface area contributed by atoms with Crippen LogP contribution in [-0.2, 0) is 4.79 Å². The molecule has 0 aliphatic carbocycles. The number of carbonyl (C=O) groups is 1. The first kappa shape index (κ1) is 16.1. The fourth-order valence-electron chi connectivity index (χ4n) is 1.07. The summed E-state index contributed by atoms with van der Waals surface area (Å²) in [5.41, 5.74) is 5.36. The third kappa shape index (κ3) is 9.77. The molecule has 0 aromatic heterocycles. The van der Waals surface area contributed by atoms with Crippen molar-refractivity contribution in [1.29, 1.82) is 0 Å². The minimum absolute atomic E-state index is 0. The van der Waals surface area contributed by atoms with Gasteiger partial charge in [0.1, 0.15) is 6.04 Å². The standard InChI is InChI=1S/C9H20N2O2.ClH/c1-11(2,3)7-5-4-6-8(10)9(12)13;/h8H,4-7,10H2,1-3H3;1H/p+1/t8-;/m0./s1. The van der Waals surface area contributed by atoms with Crippen LogP contribution < -0.4 is 5.73 Å². The number of quaternary nitrogens is 1. The Morgan fingerprint density at radius 2 is 1.86 bits per heavy atom. The summed E-state index contributed by atoms with van der Waals surface area (Å²) < 4.78 is 0.919. The van der Waals surface area contributed by atoms with Crippen LogP contribution in [0.15, 0.2) is 0 Å². The molecule has 0 radical (unpaired) electrons. The number of unbranched alkanes of at least 4 members (excludes halogenated alkanes) is 1. The van der Waals surface area contributed by atoms with Gasteiger partial charge in [-0.15, -0.1) is 12.4 Å². The summed E-state index contributed by atoms with van der Waals surface area (Å²) in [6.07, 6.45) is 2.50. The van der Waals surface area contributed by atoms with Crippen molar-refractivity contribution in [1.82, 2.24) is 0 Å². The van der Waals surface area contributed by atoms with Crippen LogP contribution >= 0.6 is 12.4 Å². The molecule has 5 heteroatoms. The van der Waals surface area contributed by atoms with Crippen molar-refractivity contribution in [2.75, 3.05) is 27.7 Å². The van der Waals surface area contributed by atoms with Gasteiger partial charge >= 0.3 is 5.97 Å². The molecule has 0 saturated heterocycles. The Kier molecular flexibility index (Phi) is 8.10. The normalized spacial score (nSPS) is 13.1. The molecule has 0 aliphatic heterocycles. The Morgan fingerprint density at radius 1 is 1.36 bits per heavy atom. The highest BCUT2D eigenvalue weighted by Gasteiger charge is 2.11. The van der Waals surface area contributed by atoms with Crippen molar-refractivity contribution >= 4 is 18.4 Å². The molecule has 3 N–H and O–H groups in total. The zero-order valence-electron chi connectivity index (χ0n) is 9.19. The van der Waals surface area contributed by atoms with Crippen LogP contribution in [0.4, 0.5) is 0 Å². The monoisotopic (exact) mass is 225 g/mol. The van der Waals surface area contributed by atoms with Crippen LogP contribution in [0.5, 0.6) is 0 Å². The van der Waals surface area contributed by atoms with E-state index in [4.69, 9.17) is 10.8 Å². The lowest BCUT2D eigenvalue weighted by Gasteiger charge is -2.23. The first-order valence-electron chi connectivity index (χ1n) is 4.62. The van der Waals surface area contributed by atoms with Gasteiger partial charge in [-0.25, -0.2) is 0 Å². The largest absolute Gasteiger partial charge is 0.480 e. The second-order valence-electron chi connectivity index (χ2n) is 4.45. The van der Waals surface area contributed by atoms with Crippen molar-refractivity contribution in [3.63, 3.8) is 0 Å². The molecule has 0 spiro atoms. The fraction of sp³-hybridized carbons (Fsp3) is 0.889. The third-order valence-corrected chi connectivity index (χ3v) is 1.91. The summed E-state index contributed by atoms with van der Waals surface area (Å²) in [6, 6.07) is -0.688. The lowest BCUT2D eigenvalue weighted by atomic mass is 10.1. The van der Waals surface area contributed by atoms with E-state index >= 15 is 0 Å². The molecule has 0 fully saturated rings. The molecule has 0 saturated carbocycles. The highest BCUT2D eigenvalue weighted by atomic mass is 35.5. The van der Waals surface area contributed by atoms with Crippen molar-refractivity contribution in [3.8, 4) is 0 Å². The molecule has 1 atom stereocenters. The number of hydrogen-bond donors (Lipinski definition) is 2. The van der Waals surface area contributed by atoms with Crippen molar-refractivity contribution < 1.29 is 14.4 Å². The molecule has 0 amide bonds. The number of hydrogen-bond acceptors (Lipinski definition) is 2. The maximum Gasteiger partial charge on any atom is 0.320 e. The topological polar surface area (TPSA) is 63.3 Å². The quantitative estimate of drug-likeness (QED) is 0.517. The van der Waals surface area contributed by atoms with Crippen LogP contribution in [0.2, 0.25) is 0 Å². The van der Waals surface area contributed by atoms with Crippen LogP contribution in [0.25, 0.3) is 0 Å². The van der Waals surface area contributed by atoms with Crippen molar-refractivity contribution in [2.45, 2.75) is 25.3 Å². The number of nitrogens with two attached hydrogens (primary N) is 1. The molecule has 14 heavy (non-hydrogen) atoms. The number of nitrogens with zero attached hydrogens (tertiary/aromatic N) is 1. The smallest absolute Gasteiger partial charge is 0.320 e. The number of carboxylic acid groups (broad SMARTS) is 1. The van der Waals surface area contributed by atoms with Gasteiger partial charge in [0.05, 0.1) is 27.7 Å². The molecule has 0 aliphatic rings. The Morgan fingerprint density at radius 3 is 2.21 bits per heavy atom. The Balaban J connectivity index is 0. The molecular formula is C9H22ClN2O2+. The van der Waals surface area contributed by atoms with Crippen LogP contribution in [-0.4, -0.2) is 49.3 Å². The van der Waals surface area contributed by atoms with Gasteiger partial charge in [-0.1, -0.05) is 0 Å². The van der Waals surface area contributed by atoms with Gasteiger partial charge in [0.15, 0.2) is 0 Å². The van der Waals surface area contributed by atoms with Gasteiger partial charge < -0.3 is 15.3 Å². The van der Waals surface area contributed by atoms with E-state index in [9.17, 15) is 4.79 Å². The summed E-state index contributed by atoms with van der Waals surface area (Å²) in [4.78, 5) is 10.4. The minimum atomic E-state index is -0.898. The summed E-state index contributed by atoms with van der Waals surface area (Å²) in [5, 5.41) is 8.51. The second kappa shape index (κ2) is 7.04. The second-order valence-corrected chi connectivity index (χ2v) is 4.45. The van der Waals surface area contributed by atoms with Gasteiger partial charge in [-0.2, -0.15) is 0 Å². The van der Waals surface area contributed by atoms with Crippen LogP contribution in [0.1, 0.15) is 19.3 Å². The third-order valence-electron chi connectivity index (χ3n) is 1.91. The number of carboxylic acids is 1. The Bertz CT molecular complexity index is 169. The maximum atomic E-state index is 10.4. The Labute approximate surface area is 92.1 Å². The molecule has 0 unspecified atom stereocenters. The first-order chi connectivity index (χ1) is 5.83. The van der Waals surface area contributed by atoms with E-state index in [1.54, 1.807) is 0 Å².